The van der Waals surface area contributed by atoms with Crippen molar-refractivity contribution in [1.82, 2.24) is 9.88 Å². The number of hydrogen-bond acceptors (Lipinski definition) is 7. The molecule has 2 rings (SSSR count). The molecule has 10 heteroatoms. The van der Waals surface area contributed by atoms with E-state index in [9.17, 15) is 18.0 Å². The van der Waals surface area contributed by atoms with E-state index in [4.69, 9.17) is 9.26 Å². The predicted molar refractivity (Wildman–Crippen MR) is 106 cm³/mol. The third-order valence-electron chi connectivity index (χ3n) is 4.10. The van der Waals surface area contributed by atoms with Crippen LogP contribution in [0.5, 0.6) is 0 Å². The normalized spacial score (nSPS) is 11.9. The molecule has 0 aliphatic carbocycles. The second-order valence-corrected chi connectivity index (χ2v) is 9.37. The number of amides is 1. The van der Waals surface area contributed by atoms with E-state index in [0.29, 0.717) is 5.69 Å². The lowest BCUT2D eigenvalue weighted by molar-refractivity contribution is -0.146. The lowest BCUT2D eigenvalue weighted by Crippen LogP contribution is -2.32. The van der Waals surface area contributed by atoms with Crippen LogP contribution in [0.15, 0.2) is 33.7 Å². The summed E-state index contributed by atoms with van der Waals surface area (Å²) >= 11 is 0. The molecule has 0 atom stereocenters. The zero-order valence-electron chi connectivity index (χ0n) is 17.0. The third-order valence-corrected chi connectivity index (χ3v) is 5.50. The molecule has 9 nitrogen and oxygen atoms in total. The van der Waals surface area contributed by atoms with E-state index in [2.05, 4.69) is 15.2 Å². The second-order valence-electron chi connectivity index (χ2n) is 7.61. The van der Waals surface area contributed by atoms with Crippen molar-refractivity contribution in [2.24, 2.45) is 0 Å². The van der Waals surface area contributed by atoms with E-state index < -0.39 is 35.1 Å². The summed E-state index contributed by atoms with van der Waals surface area (Å²) < 4.78 is 36.4. The van der Waals surface area contributed by atoms with Crippen LogP contribution < -0.4 is 10.0 Å². The SMILES string of the molecule is Cc1ccc(S(=O)(=O)NCC(=O)OCC(=O)Nc2cc(C(C)(C)C)no2)cc1C. The van der Waals surface area contributed by atoms with Crippen LogP contribution in [0, 0.1) is 13.8 Å². The Labute approximate surface area is 169 Å². The minimum Gasteiger partial charge on any atom is -0.455 e. The van der Waals surface area contributed by atoms with Gasteiger partial charge in [0.1, 0.15) is 6.54 Å². The number of esters is 1. The van der Waals surface area contributed by atoms with E-state index in [0.717, 1.165) is 11.1 Å². The molecule has 1 aromatic carbocycles. The standard InChI is InChI=1S/C19H25N3O6S/c1-12-6-7-14(8-13(12)2)29(25,26)20-10-18(24)27-11-16(23)21-17-9-15(22-28-17)19(3,4)5/h6-9,20H,10-11H2,1-5H3,(H,21,23). The zero-order chi connectivity index (χ0) is 21.8. The maximum Gasteiger partial charge on any atom is 0.321 e. The number of anilines is 1. The highest BCUT2D eigenvalue weighted by atomic mass is 32.2. The van der Waals surface area contributed by atoms with Crippen molar-refractivity contribution in [3.05, 3.63) is 41.1 Å². The first-order chi connectivity index (χ1) is 13.4. The first kappa shape index (κ1) is 22.6. The van der Waals surface area contributed by atoms with Gasteiger partial charge in [-0.2, -0.15) is 4.72 Å². The molecule has 2 N–H and O–H groups in total. The molecule has 0 spiro atoms. The van der Waals surface area contributed by atoms with Crippen LogP contribution in [0.3, 0.4) is 0 Å². The van der Waals surface area contributed by atoms with Crippen LogP contribution in [-0.2, 0) is 29.8 Å². The molecule has 1 amide bonds. The van der Waals surface area contributed by atoms with Gasteiger partial charge >= 0.3 is 5.97 Å². The van der Waals surface area contributed by atoms with Gasteiger partial charge in [-0.05, 0) is 37.1 Å². The lowest BCUT2D eigenvalue weighted by atomic mass is 9.92. The molecule has 1 aromatic heterocycles. The van der Waals surface area contributed by atoms with E-state index in [-0.39, 0.29) is 16.2 Å². The summed E-state index contributed by atoms with van der Waals surface area (Å²) in [7, 11) is -3.87. The predicted octanol–water partition coefficient (Wildman–Crippen LogP) is 2.05. The molecule has 29 heavy (non-hydrogen) atoms. The average molecular weight is 423 g/mol. The van der Waals surface area contributed by atoms with Gasteiger partial charge in [0.15, 0.2) is 6.61 Å². The Hall–Kier alpha value is -2.72. The number of aryl methyl sites for hydroxylation is 2. The molecule has 0 unspecified atom stereocenters. The Bertz CT molecular complexity index is 1010. The first-order valence-electron chi connectivity index (χ1n) is 8.88. The lowest BCUT2D eigenvalue weighted by Gasteiger charge is -2.12. The minimum atomic E-state index is -3.87. The Morgan fingerprint density at radius 2 is 1.83 bits per heavy atom. The third kappa shape index (κ3) is 6.40. The Balaban J connectivity index is 1.82. The van der Waals surface area contributed by atoms with Crippen molar-refractivity contribution in [2.75, 3.05) is 18.5 Å². The van der Waals surface area contributed by atoms with Crippen molar-refractivity contribution < 1.29 is 27.3 Å². The molecule has 2 aromatic rings. The van der Waals surface area contributed by atoms with Crippen LogP contribution >= 0.6 is 0 Å². The number of benzene rings is 1. The van der Waals surface area contributed by atoms with Gasteiger partial charge in [0.2, 0.25) is 15.9 Å². The van der Waals surface area contributed by atoms with Gasteiger partial charge in [-0.3, -0.25) is 14.9 Å². The van der Waals surface area contributed by atoms with E-state index in [1.807, 2.05) is 27.7 Å². The summed E-state index contributed by atoms with van der Waals surface area (Å²) in [6, 6.07) is 6.23. The van der Waals surface area contributed by atoms with Gasteiger partial charge < -0.3 is 9.26 Å². The molecule has 0 saturated heterocycles. The zero-order valence-corrected chi connectivity index (χ0v) is 17.8. The van der Waals surface area contributed by atoms with Crippen LogP contribution in [0.2, 0.25) is 0 Å². The number of hydrogen-bond donors (Lipinski definition) is 2. The summed E-state index contributed by atoms with van der Waals surface area (Å²) in [5.74, 6) is -1.39. The number of sulfonamides is 1. The van der Waals surface area contributed by atoms with Gasteiger partial charge in [-0.1, -0.05) is 32.0 Å². The Morgan fingerprint density at radius 3 is 2.41 bits per heavy atom. The molecule has 0 saturated carbocycles. The smallest absolute Gasteiger partial charge is 0.321 e. The number of nitrogens with zero attached hydrogens (tertiary/aromatic N) is 1. The summed E-state index contributed by atoms with van der Waals surface area (Å²) in [5, 5.41) is 6.27. The molecule has 158 valence electrons. The molecular formula is C19H25N3O6S. The van der Waals surface area contributed by atoms with Crippen molar-refractivity contribution in [1.29, 1.82) is 0 Å². The van der Waals surface area contributed by atoms with Gasteiger partial charge in [0.05, 0.1) is 10.6 Å². The molecular weight excluding hydrogens is 398 g/mol. The molecule has 0 aliphatic rings. The van der Waals surface area contributed by atoms with Gasteiger partial charge in [0.25, 0.3) is 5.91 Å². The first-order valence-corrected chi connectivity index (χ1v) is 10.4. The van der Waals surface area contributed by atoms with Crippen LogP contribution in [0.25, 0.3) is 0 Å². The van der Waals surface area contributed by atoms with Gasteiger partial charge in [-0.15, -0.1) is 0 Å². The number of aromatic nitrogens is 1. The molecule has 1 heterocycles. The van der Waals surface area contributed by atoms with Crippen molar-refractivity contribution >= 4 is 27.8 Å². The summed E-state index contributed by atoms with van der Waals surface area (Å²) in [6.45, 7) is 8.30. The van der Waals surface area contributed by atoms with Crippen molar-refractivity contribution in [3.63, 3.8) is 0 Å². The molecule has 0 radical (unpaired) electrons. The van der Waals surface area contributed by atoms with Crippen molar-refractivity contribution in [2.45, 2.75) is 44.9 Å². The largest absolute Gasteiger partial charge is 0.455 e. The topological polar surface area (TPSA) is 128 Å². The Kier molecular flexibility index (Phi) is 6.81. The fraction of sp³-hybridized carbons (Fsp3) is 0.421. The van der Waals surface area contributed by atoms with Crippen LogP contribution in [-0.4, -0.2) is 38.6 Å². The average Bonchev–Trinajstić information content (AvgIpc) is 3.09. The summed E-state index contributed by atoms with van der Waals surface area (Å²) in [5.41, 5.74) is 2.18. The highest BCUT2D eigenvalue weighted by molar-refractivity contribution is 7.89. The van der Waals surface area contributed by atoms with Crippen LogP contribution in [0.4, 0.5) is 5.88 Å². The molecule has 0 fully saturated rings. The van der Waals surface area contributed by atoms with E-state index in [1.54, 1.807) is 19.1 Å². The quantitative estimate of drug-likeness (QED) is 0.652. The summed E-state index contributed by atoms with van der Waals surface area (Å²) in [6.07, 6.45) is 0. The van der Waals surface area contributed by atoms with Crippen molar-refractivity contribution in [3.8, 4) is 0 Å². The highest BCUT2D eigenvalue weighted by Crippen LogP contribution is 2.23. The Morgan fingerprint density at radius 1 is 1.14 bits per heavy atom. The van der Waals surface area contributed by atoms with E-state index >= 15 is 0 Å². The number of carbonyl (C=O) groups is 2. The number of ether oxygens (including phenoxy) is 1. The van der Waals surface area contributed by atoms with Gasteiger partial charge in [-0.25, -0.2) is 8.42 Å². The number of nitrogens with one attached hydrogen (secondary N) is 2. The van der Waals surface area contributed by atoms with Crippen LogP contribution in [0.1, 0.15) is 37.6 Å². The van der Waals surface area contributed by atoms with Gasteiger partial charge in [0, 0.05) is 11.5 Å². The van der Waals surface area contributed by atoms with E-state index in [1.165, 1.54) is 12.1 Å². The number of rotatable bonds is 7. The fourth-order valence-electron chi connectivity index (χ4n) is 2.18. The fourth-order valence-corrected chi connectivity index (χ4v) is 3.23. The summed E-state index contributed by atoms with van der Waals surface area (Å²) in [4.78, 5) is 23.7. The second kappa shape index (κ2) is 8.75. The molecule has 0 aliphatic heterocycles. The highest BCUT2D eigenvalue weighted by Gasteiger charge is 2.20. The maximum absolute atomic E-state index is 12.2. The molecule has 0 bridgehead atoms. The maximum atomic E-state index is 12.2. The number of carbonyl (C=O) groups excluding carboxylic acids is 2. The minimum absolute atomic E-state index is 0.0473. The monoisotopic (exact) mass is 423 g/mol.